The van der Waals surface area contributed by atoms with Crippen LogP contribution in [0, 0.1) is 0 Å². The van der Waals surface area contributed by atoms with Gasteiger partial charge in [-0.15, -0.1) is 0 Å². The average molecular weight is 183 g/mol. The lowest BCUT2D eigenvalue weighted by molar-refractivity contribution is 0.162. The topological polar surface area (TPSA) is 86.7 Å². The molecule has 0 saturated carbocycles. The third-order valence-corrected chi connectivity index (χ3v) is 1.92. The molecular formula is C9H13NO3. The van der Waals surface area contributed by atoms with Crippen molar-refractivity contribution in [2.45, 2.75) is 19.1 Å². The van der Waals surface area contributed by atoms with Crippen molar-refractivity contribution < 1.29 is 15.3 Å². The van der Waals surface area contributed by atoms with Crippen LogP contribution < -0.4 is 5.73 Å². The summed E-state index contributed by atoms with van der Waals surface area (Å²) < 4.78 is 0. The van der Waals surface area contributed by atoms with Crippen LogP contribution in [-0.4, -0.2) is 21.4 Å². The lowest BCUT2D eigenvalue weighted by Crippen LogP contribution is -2.23. The predicted molar refractivity (Wildman–Crippen MR) is 48.4 cm³/mol. The first-order chi connectivity index (χ1) is 6.04. The summed E-state index contributed by atoms with van der Waals surface area (Å²) in [6.45, 7) is 1.52. The highest BCUT2D eigenvalue weighted by Crippen LogP contribution is 2.32. The third-order valence-electron chi connectivity index (χ3n) is 1.92. The molecule has 0 bridgehead atoms. The van der Waals surface area contributed by atoms with E-state index >= 15 is 0 Å². The van der Waals surface area contributed by atoms with Gasteiger partial charge in [-0.3, -0.25) is 0 Å². The Labute approximate surface area is 76.2 Å². The molecule has 0 unspecified atom stereocenters. The van der Waals surface area contributed by atoms with Crippen molar-refractivity contribution in [1.29, 1.82) is 0 Å². The van der Waals surface area contributed by atoms with E-state index < -0.39 is 12.1 Å². The molecule has 72 valence electrons. The van der Waals surface area contributed by atoms with Crippen LogP contribution in [0.25, 0.3) is 0 Å². The second kappa shape index (κ2) is 3.64. The van der Waals surface area contributed by atoms with Gasteiger partial charge in [0, 0.05) is 5.56 Å². The number of benzene rings is 1. The second-order valence-corrected chi connectivity index (χ2v) is 2.98. The lowest BCUT2D eigenvalue weighted by atomic mass is 10.0. The molecule has 1 aromatic carbocycles. The summed E-state index contributed by atoms with van der Waals surface area (Å²) in [6.07, 6.45) is -0.771. The predicted octanol–water partition coefficient (Wildman–Crippen LogP) is 0.478. The maximum Gasteiger partial charge on any atom is 0.162 e. The van der Waals surface area contributed by atoms with Crippen molar-refractivity contribution in [2.24, 2.45) is 5.73 Å². The highest BCUT2D eigenvalue weighted by molar-refractivity contribution is 5.46. The van der Waals surface area contributed by atoms with Crippen LogP contribution in [0.4, 0.5) is 0 Å². The SMILES string of the molecule is C[C@H](O)[C@H](N)c1cccc(O)c1O. The quantitative estimate of drug-likeness (QED) is 0.502. The summed E-state index contributed by atoms with van der Waals surface area (Å²) in [4.78, 5) is 0. The molecule has 5 N–H and O–H groups in total. The number of para-hydroxylation sites is 1. The zero-order valence-electron chi connectivity index (χ0n) is 7.31. The van der Waals surface area contributed by atoms with Gasteiger partial charge in [0.2, 0.25) is 0 Å². The third kappa shape index (κ3) is 1.91. The Morgan fingerprint density at radius 2 is 1.92 bits per heavy atom. The van der Waals surface area contributed by atoms with Crippen LogP contribution >= 0.6 is 0 Å². The van der Waals surface area contributed by atoms with Crippen molar-refractivity contribution in [2.75, 3.05) is 0 Å². The number of hydrogen-bond donors (Lipinski definition) is 4. The van der Waals surface area contributed by atoms with Gasteiger partial charge in [-0.1, -0.05) is 12.1 Å². The Morgan fingerprint density at radius 1 is 1.31 bits per heavy atom. The van der Waals surface area contributed by atoms with E-state index in [0.717, 1.165) is 0 Å². The number of nitrogens with two attached hydrogens (primary N) is 1. The van der Waals surface area contributed by atoms with E-state index in [4.69, 9.17) is 10.8 Å². The van der Waals surface area contributed by atoms with E-state index in [-0.39, 0.29) is 11.5 Å². The largest absolute Gasteiger partial charge is 0.504 e. The minimum Gasteiger partial charge on any atom is -0.504 e. The van der Waals surface area contributed by atoms with Crippen molar-refractivity contribution >= 4 is 0 Å². The number of aliphatic hydroxyl groups is 1. The molecule has 0 saturated heterocycles. The average Bonchev–Trinajstić information content (AvgIpc) is 2.08. The molecule has 0 aliphatic carbocycles. The molecule has 0 radical (unpaired) electrons. The molecule has 4 heteroatoms. The highest BCUT2D eigenvalue weighted by atomic mass is 16.3. The number of hydrogen-bond acceptors (Lipinski definition) is 4. The fourth-order valence-electron chi connectivity index (χ4n) is 1.08. The van der Waals surface area contributed by atoms with Crippen molar-refractivity contribution in [3.05, 3.63) is 23.8 Å². The zero-order chi connectivity index (χ0) is 10.0. The Balaban J connectivity index is 3.07. The van der Waals surface area contributed by atoms with Crippen LogP contribution in [0.15, 0.2) is 18.2 Å². The van der Waals surface area contributed by atoms with Crippen molar-refractivity contribution in [1.82, 2.24) is 0 Å². The Bertz CT molecular complexity index is 299. The maximum absolute atomic E-state index is 9.38. The van der Waals surface area contributed by atoms with E-state index in [9.17, 15) is 10.2 Å². The minimum absolute atomic E-state index is 0.228. The standard InChI is InChI=1S/C9H13NO3/c1-5(11)8(10)6-3-2-4-7(12)9(6)13/h2-5,8,11-13H,10H2,1H3/t5-,8-/m0/s1. The van der Waals surface area contributed by atoms with Gasteiger partial charge in [0.1, 0.15) is 0 Å². The summed E-state index contributed by atoms with van der Waals surface area (Å²) >= 11 is 0. The van der Waals surface area contributed by atoms with Gasteiger partial charge < -0.3 is 21.1 Å². The first-order valence-electron chi connectivity index (χ1n) is 3.98. The van der Waals surface area contributed by atoms with Crippen LogP contribution in [0.3, 0.4) is 0 Å². The minimum atomic E-state index is -0.771. The molecular weight excluding hydrogens is 170 g/mol. The summed E-state index contributed by atoms with van der Waals surface area (Å²) in [6, 6.07) is 3.79. The smallest absolute Gasteiger partial charge is 0.162 e. The summed E-state index contributed by atoms with van der Waals surface area (Å²) in [7, 11) is 0. The van der Waals surface area contributed by atoms with Gasteiger partial charge in [-0.25, -0.2) is 0 Å². The van der Waals surface area contributed by atoms with E-state index in [1.54, 1.807) is 12.1 Å². The van der Waals surface area contributed by atoms with Crippen LogP contribution in [0.5, 0.6) is 11.5 Å². The number of aromatic hydroxyl groups is 2. The number of phenolic OH excluding ortho intramolecular Hbond substituents is 2. The van der Waals surface area contributed by atoms with Crippen molar-refractivity contribution in [3.63, 3.8) is 0 Å². The Hall–Kier alpha value is -1.26. The molecule has 1 aromatic rings. The van der Waals surface area contributed by atoms with Gasteiger partial charge in [0.15, 0.2) is 11.5 Å². The Kier molecular flexibility index (Phi) is 2.75. The molecule has 0 spiro atoms. The van der Waals surface area contributed by atoms with E-state index in [2.05, 4.69) is 0 Å². The van der Waals surface area contributed by atoms with Crippen LogP contribution in [-0.2, 0) is 0 Å². The normalized spacial score (nSPS) is 15.3. The van der Waals surface area contributed by atoms with Crippen molar-refractivity contribution in [3.8, 4) is 11.5 Å². The second-order valence-electron chi connectivity index (χ2n) is 2.98. The molecule has 0 heterocycles. The summed E-state index contributed by atoms with van der Waals surface area (Å²) in [5.41, 5.74) is 5.93. The summed E-state index contributed by atoms with van der Waals surface area (Å²) in [5, 5.41) is 27.7. The van der Waals surface area contributed by atoms with Crippen LogP contribution in [0.2, 0.25) is 0 Å². The fourth-order valence-corrected chi connectivity index (χ4v) is 1.08. The fraction of sp³-hybridized carbons (Fsp3) is 0.333. The molecule has 0 amide bonds. The van der Waals surface area contributed by atoms with Gasteiger partial charge in [-0.2, -0.15) is 0 Å². The van der Waals surface area contributed by atoms with Crippen LogP contribution in [0.1, 0.15) is 18.5 Å². The van der Waals surface area contributed by atoms with Gasteiger partial charge in [0.25, 0.3) is 0 Å². The molecule has 0 aromatic heterocycles. The molecule has 1 rings (SSSR count). The molecule has 0 fully saturated rings. The number of phenols is 2. The van der Waals surface area contributed by atoms with E-state index in [0.29, 0.717) is 5.56 Å². The van der Waals surface area contributed by atoms with Gasteiger partial charge >= 0.3 is 0 Å². The number of aliphatic hydroxyl groups excluding tert-OH is 1. The van der Waals surface area contributed by atoms with Gasteiger partial charge in [0.05, 0.1) is 12.1 Å². The molecule has 4 nitrogen and oxygen atoms in total. The van der Waals surface area contributed by atoms with E-state index in [1.807, 2.05) is 0 Å². The molecule has 0 aliphatic rings. The van der Waals surface area contributed by atoms with Gasteiger partial charge in [-0.05, 0) is 13.0 Å². The maximum atomic E-state index is 9.38. The zero-order valence-corrected chi connectivity index (χ0v) is 7.31. The first-order valence-corrected chi connectivity index (χ1v) is 3.98. The number of rotatable bonds is 2. The van der Waals surface area contributed by atoms with E-state index in [1.165, 1.54) is 13.0 Å². The molecule has 2 atom stereocenters. The molecule has 0 aliphatic heterocycles. The summed E-state index contributed by atoms with van der Waals surface area (Å²) in [5.74, 6) is -0.496. The monoisotopic (exact) mass is 183 g/mol. The highest BCUT2D eigenvalue weighted by Gasteiger charge is 2.17. The Morgan fingerprint density at radius 3 is 2.46 bits per heavy atom. The molecule has 13 heavy (non-hydrogen) atoms. The first kappa shape index (κ1) is 9.83. The lowest BCUT2D eigenvalue weighted by Gasteiger charge is -2.16.